The molecule has 2 rings (SSSR count). The molecule has 1 unspecified atom stereocenters. The summed E-state index contributed by atoms with van der Waals surface area (Å²) in [6.07, 6.45) is 2.76. The van der Waals surface area contributed by atoms with Crippen LogP contribution < -0.4 is 5.56 Å². The Morgan fingerprint density at radius 1 is 1.65 bits per heavy atom. The van der Waals surface area contributed by atoms with Crippen LogP contribution >= 0.6 is 11.5 Å². The number of hydrogen-bond donors (Lipinski definition) is 1. The highest BCUT2D eigenvalue weighted by Crippen LogP contribution is 2.20. The average Bonchev–Trinajstić information content (AvgIpc) is 2.64. The van der Waals surface area contributed by atoms with Gasteiger partial charge in [-0.25, -0.2) is 13.7 Å². The van der Waals surface area contributed by atoms with Gasteiger partial charge >= 0.3 is 5.97 Å². The van der Waals surface area contributed by atoms with E-state index in [4.69, 9.17) is 5.11 Å². The highest BCUT2D eigenvalue weighted by atomic mass is 32.1. The van der Waals surface area contributed by atoms with Crippen LogP contribution in [0.15, 0.2) is 23.1 Å². The van der Waals surface area contributed by atoms with Crippen molar-refractivity contribution in [3.8, 4) is 0 Å². The fourth-order valence-electron chi connectivity index (χ4n) is 1.70. The molecule has 0 aliphatic rings. The smallest absolute Gasteiger partial charge is 0.327 e. The van der Waals surface area contributed by atoms with E-state index in [1.54, 1.807) is 18.3 Å². The molecule has 90 valence electrons. The average molecular weight is 252 g/mol. The van der Waals surface area contributed by atoms with Crippen LogP contribution in [0.4, 0.5) is 0 Å². The highest BCUT2D eigenvalue weighted by Gasteiger charge is 2.22. The number of carboxylic acid groups (broad SMARTS) is 1. The molecule has 0 aliphatic carbocycles. The fraction of sp³-hybridized carbons (Fsp3) is 0.364. The first-order valence-corrected chi connectivity index (χ1v) is 6.11. The van der Waals surface area contributed by atoms with Gasteiger partial charge in [0.2, 0.25) is 0 Å². The molecule has 0 fully saturated rings. The Kier molecular flexibility index (Phi) is 3.23. The second kappa shape index (κ2) is 4.67. The molecule has 0 radical (unpaired) electrons. The zero-order chi connectivity index (χ0) is 12.4. The summed E-state index contributed by atoms with van der Waals surface area (Å²) in [7, 11) is 0. The summed E-state index contributed by atoms with van der Waals surface area (Å²) >= 11 is 1.11. The highest BCUT2D eigenvalue weighted by molar-refractivity contribution is 7.13. The number of carbonyl (C=O) groups is 1. The minimum Gasteiger partial charge on any atom is -0.480 e. The lowest BCUT2D eigenvalue weighted by Crippen LogP contribution is -2.25. The van der Waals surface area contributed by atoms with Crippen molar-refractivity contribution in [2.24, 2.45) is 0 Å². The number of carboxylic acids is 1. The number of aliphatic carboxylic acids is 1. The molecular weight excluding hydrogens is 240 g/mol. The van der Waals surface area contributed by atoms with Crippen LogP contribution in [-0.2, 0) is 4.79 Å². The third kappa shape index (κ3) is 2.08. The zero-order valence-electron chi connectivity index (χ0n) is 9.29. The molecule has 0 saturated heterocycles. The molecule has 2 heterocycles. The number of pyridine rings is 1. The Morgan fingerprint density at radius 3 is 3.00 bits per heavy atom. The second-order valence-electron chi connectivity index (χ2n) is 3.72. The third-order valence-corrected chi connectivity index (χ3v) is 3.63. The quantitative estimate of drug-likeness (QED) is 0.901. The van der Waals surface area contributed by atoms with Gasteiger partial charge in [-0.1, -0.05) is 13.3 Å². The lowest BCUT2D eigenvalue weighted by Gasteiger charge is -2.10. The van der Waals surface area contributed by atoms with Crippen molar-refractivity contribution < 1.29 is 9.90 Å². The maximum atomic E-state index is 12.0. The molecule has 0 spiro atoms. The van der Waals surface area contributed by atoms with Crippen molar-refractivity contribution in [1.29, 1.82) is 0 Å². The van der Waals surface area contributed by atoms with Crippen molar-refractivity contribution in [3.05, 3.63) is 28.7 Å². The summed E-state index contributed by atoms with van der Waals surface area (Å²) in [4.78, 5) is 27.8. The Balaban J connectivity index is 2.57. The standard InChI is InChI=1S/C11H12N2O3S/c1-2-4-8(11(15)16)13-10(14)7-5-3-6-12-9(7)17-13/h3,5-6,8H,2,4H2,1H3,(H,15,16). The van der Waals surface area contributed by atoms with Crippen molar-refractivity contribution in [3.63, 3.8) is 0 Å². The van der Waals surface area contributed by atoms with Crippen LogP contribution in [0.3, 0.4) is 0 Å². The van der Waals surface area contributed by atoms with Crippen molar-refractivity contribution in [2.45, 2.75) is 25.8 Å². The fourth-order valence-corrected chi connectivity index (χ4v) is 2.75. The molecule has 1 N–H and O–H groups in total. The molecule has 0 bridgehead atoms. The molecule has 6 heteroatoms. The van der Waals surface area contributed by atoms with Gasteiger partial charge in [0, 0.05) is 6.20 Å². The minimum absolute atomic E-state index is 0.265. The lowest BCUT2D eigenvalue weighted by atomic mass is 10.2. The van der Waals surface area contributed by atoms with Gasteiger partial charge in [0.15, 0.2) is 0 Å². The van der Waals surface area contributed by atoms with E-state index in [0.29, 0.717) is 23.1 Å². The van der Waals surface area contributed by atoms with Gasteiger partial charge in [-0.15, -0.1) is 0 Å². The Bertz CT molecular complexity index is 602. The summed E-state index contributed by atoms with van der Waals surface area (Å²) in [5.41, 5.74) is -0.265. The van der Waals surface area contributed by atoms with Crippen molar-refractivity contribution in [2.75, 3.05) is 0 Å². The van der Waals surface area contributed by atoms with Crippen molar-refractivity contribution >= 4 is 27.7 Å². The van der Waals surface area contributed by atoms with Gasteiger partial charge in [-0.2, -0.15) is 0 Å². The molecule has 17 heavy (non-hydrogen) atoms. The third-order valence-electron chi connectivity index (χ3n) is 2.52. The number of aromatic nitrogens is 2. The second-order valence-corrected chi connectivity index (χ2v) is 4.68. The van der Waals surface area contributed by atoms with E-state index in [1.807, 2.05) is 6.92 Å². The van der Waals surface area contributed by atoms with E-state index in [2.05, 4.69) is 4.98 Å². The molecule has 0 aliphatic heterocycles. The van der Waals surface area contributed by atoms with E-state index < -0.39 is 12.0 Å². The zero-order valence-corrected chi connectivity index (χ0v) is 10.1. The molecule has 0 saturated carbocycles. The van der Waals surface area contributed by atoms with Gasteiger partial charge < -0.3 is 5.11 Å². The molecular formula is C11H12N2O3S. The molecule has 2 aromatic rings. The van der Waals surface area contributed by atoms with Crippen LogP contribution in [0.25, 0.3) is 10.2 Å². The van der Waals surface area contributed by atoms with Gasteiger partial charge in [-0.3, -0.25) is 4.79 Å². The lowest BCUT2D eigenvalue weighted by molar-refractivity contribution is -0.140. The minimum atomic E-state index is -0.972. The van der Waals surface area contributed by atoms with Crippen LogP contribution in [-0.4, -0.2) is 20.0 Å². The molecule has 1 atom stereocenters. The van der Waals surface area contributed by atoms with Gasteiger partial charge in [0.05, 0.1) is 5.39 Å². The first kappa shape index (κ1) is 11.8. The summed E-state index contributed by atoms with van der Waals surface area (Å²) in [6, 6.07) is 2.56. The Morgan fingerprint density at radius 2 is 2.41 bits per heavy atom. The van der Waals surface area contributed by atoms with Gasteiger partial charge in [0.25, 0.3) is 5.56 Å². The summed E-state index contributed by atoms with van der Waals surface area (Å²) in [6.45, 7) is 1.90. The van der Waals surface area contributed by atoms with Gasteiger partial charge in [0.1, 0.15) is 10.9 Å². The normalized spacial score (nSPS) is 12.8. The molecule has 0 aromatic carbocycles. The monoisotopic (exact) mass is 252 g/mol. The maximum Gasteiger partial charge on any atom is 0.327 e. The van der Waals surface area contributed by atoms with E-state index in [-0.39, 0.29) is 5.56 Å². The number of rotatable bonds is 4. The molecule has 5 nitrogen and oxygen atoms in total. The summed E-state index contributed by atoms with van der Waals surface area (Å²) in [5, 5.41) is 9.62. The largest absolute Gasteiger partial charge is 0.480 e. The Labute approximate surface area is 101 Å². The molecule has 0 amide bonds. The maximum absolute atomic E-state index is 12.0. The summed E-state index contributed by atoms with van der Waals surface area (Å²) in [5.74, 6) is -0.972. The van der Waals surface area contributed by atoms with Crippen LogP contribution in [0.1, 0.15) is 25.8 Å². The van der Waals surface area contributed by atoms with E-state index in [1.165, 1.54) is 3.96 Å². The van der Waals surface area contributed by atoms with Gasteiger partial charge in [-0.05, 0) is 30.1 Å². The van der Waals surface area contributed by atoms with E-state index in [0.717, 1.165) is 11.5 Å². The number of fused-ring (bicyclic) bond motifs is 1. The van der Waals surface area contributed by atoms with Crippen LogP contribution in [0.2, 0.25) is 0 Å². The molecule has 2 aromatic heterocycles. The predicted molar refractivity (Wildman–Crippen MR) is 65.5 cm³/mol. The van der Waals surface area contributed by atoms with Crippen LogP contribution in [0.5, 0.6) is 0 Å². The Hall–Kier alpha value is -1.69. The first-order chi connectivity index (χ1) is 8.15. The van der Waals surface area contributed by atoms with E-state index in [9.17, 15) is 9.59 Å². The number of nitrogens with zero attached hydrogens (tertiary/aromatic N) is 2. The SMILES string of the molecule is CCCC(C(=O)O)n1sc2ncccc2c1=O. The predicted octanol–water partition coefficient (Wildman–Crippen LogP) is 1.88. The van der Waals surface area contributed by atoms with Crippen LogP contribution in [0, 0.1) is 0 Å². The van der Waals surface area contributed by atoms with E-state index >= 15 is 0 Å². The first-order valence-electron chi connectivity index (χ1n) is 5.34. The summed E-state index contributed by atoms with van der Waals surface area (Å²) < 4.78 is 1.31. The number of hydrogen-bond acceptors (Lipinski definition) is 4. The van der Waals surface area contributed by atoms with Crippen molar-refractivity contribution in [1.82, 2.24) is 8.94 Å². The topological polar surface area (TPSA) is 72.2 Å².